The number of rotatable bonds is 9. The summed E-state index contributed by atoms with van der Waals surface area (Å²) in [5.41, 5.74) is 10.1. The molecule has 0 radical (unpaired) electrons. The van der Waals surface area contributed by atoms with Gasteiger partial charge in [0.1, 0.15) is 5.75 Å². The fourth-order valence-electron chi connectivity index (χ4n) is 3.52. The highest BCUT2D eigenvalue weighted by Crippen LogP contribution is 2.35. The van der Waals surface area contributed by atoms with Crippen LogP contribution in [0.1, 0.15) is 47.9 Å². The highest BCUT2D eigenvalue weighted by atomic mass is 16.3. The molecule has 0 bridgehead atoms. The van der Waals surface area contributed by atoms with Gasteiger partial charge in [-0.2, -0.15) is 0 Å². The average molecular weight is 357 g/mol. The number of nitrogens with two attached hydrogens (primary N) is 1. The third kappa shape index (κ3) is 4.47. The molecule has 0 fully saturated rings. The van der Waals surface area contributed by atoms with Gasteiger partial charge in [-0.05, 0) is 64.5 Å². The summed E-state index contributed by atoms with van der Waals surface area (Å²) >= 11 is 0. The van der Waals surface area contributed by atoms with E-state index >= 15 is 0 Å². The van der Waals surface area contributed by atoms with Gasteiger partial charge in [-0.3, -0.25) is 4.79 Å². The number of phenolic OH excluding ortho intramolecular Hbond substituents is 1. The molecule has 26 heavy (non-hydrogen) atoms. The molecule has 0 atom stereocenters. The molecule has 1 aromatic heterocycles. The average Bonchev–Trinajstić information content (AvgIpc) is 2.85. The third-order valence-electron chi connectivity index (χ3n) is 4.77. The second-order valence-corrected chi connectivity index (χ2v) is 7.11. The normalized spacial score (nSPS) is 11.3. The zero-order valence-corrected chi connectivity index (χ0v) is 16.4. The first-order chi connectivity index (χ1) is 12.4. The van der Waals surface area contributed by atoms with Crippen LogP contribution >= 0.6 is 0 Å². The number of primary amides is 1. The zero-order chi connectivity index (χ0) is 19.3. The molecular weight excluding hydrogens is 326 g/mol. The van der Waals surface area contributed by atoms with Crippen molar-refractivity contribution in [1.29, 1.82) is 0 Å². The summed E-state index contributed by atoms with van der Waals surface area (Å²) in [5, 5.41) is 9.92. The molecule has 0 spiro atoms. The highest BCUT2D eigenvalue weighted by Gasteiger charge is 2.24. The van der Waals surface area contributed by atoms with E-state index in [-0.39, 0.29) is 5.75 Å². The summed E-state index contributed by atoms with van der Waals surface area (Å²) in [6, 6.07) is 7.08. The lowest BCUT2D eigenvalue weighted by Gasteiger charge is -2.15. The van der Waals surface area contributed by atoms with Crippen molar-refractivity contribution in [2.24, 2.45) is 5.73 Å². The van der Waals surface area contributed by atoms with Gasteiger partial charge in [0.15, 0.2) is 0 Å². The number of carbonyl (C=O) groups is 1. The number of hydrogen-bond donors (Lipinski definition) is 2. The molecule has 142 valence electrons. The van der Waals surface area contributed by atoms with Gasteiger partial charge in [-0.15, -0.1) is 0 Å². The van der Waals surface area contributed by atoms with Crippen LogP contribution in [-0.4, -0.2) is 41.1 Å². The molecule has 5 nitrogen and oxygen atoms in total. The van der Waals surface area contributed by atoms with Crippen LogP contribution in [0.3, 0.4) is 0 Å². The monoisotopic (exact) mass is 357 g/mol. The van der Waals surface area contributed by atoms with Crippen LogP contribution in [0.5, 0.6) is 5.75 Å². The molecule has 3 N–H and O–H groups in total. The molecule has 1 heterocycles. The molecule has 1 aromatic carbocycles. The molecule has 0 aliphatic heterocycles. The molecule has 0 aliphatic rings. The van der Waals surface area contributed by atoms with E-state index in [1.54, 1.807) is 18.2 Å². The Morgan fingerprint density at radius 3 is 2.58 bits per heavy atom. The van der Waals surface area contributed by atoms with Crippen molar-refractivity contribution in [3.05, 3.63) is 41.2 Å². The Hall–Kier alpha value is -2.27. The molecule has 0 unspecified atom stereocenters. The third-order valence-corrected chi connectivity index (χ3v) is 4.77. The van der Waals surface area contributed by atoms with Crippen LogP contribution in [0.15, 0.2) is 24.3 Å². The van der Waals surface area contributed by atoms with E-state index in [1.165, 1.54) is 0 Å². The number of phenols is 1. The zero-order valence-electron chi connectivity index (χ0n) is 16.4. The van der Waals surface area contributed by atoms with Crippen molar-refractivity contribution < 1.29 is 9.90 Å². The minimum Gasteiger partial charge on any atom is -0.508 e. The lowest BCUT2D eigenvalue weighted by molar-refractivity contribution is 0.1000. The van der Waals surface area contributed by atoms with Crippen LogP contribution < -0.4 is 5.73 Å². The predicted octanol–water partition coefficient (Wildman–Crippen LogP) is 3.56. The lowest BCUT2D eigenvalue weighted by Crippen LogP contribution is -2.17. The van der Waals surface area contributed by atoms with E-state index in [0.717, 1.165) is 61.3 Å². The number of hydrogen-bond acceptors (Lipinski definition) is 3. The summed E-state index contributed by atoms with van der Waals surface area (Å²) in [4.78, 5) is 14.4. The van der Waals surface area contributed by atoms with Crippen molar-refractivity contribution >= 4 is 5.91 Å². The van der Waals surface area contributed by atoms with Crippen molar-refractivity contribution in [2.75, 3.05) is 20.6 Å². The van der Waals surface area contributed by atoms with Gasteiger partial charge in [-0.1, -0.05) is 25.5 Å². The Balaban J connectivity index is 2.60. The van der Waals surface area contributed by atoms with Crippen LogP contribution in [0, 0.1) is 6.92 Å². The fraction of sp³-hybridized carbons (Fsp3) is 0.476. The number of aromatic nitrogens is 1. The summed E-state index contributed by atoms with van der Waals surface area (Å²) in [5.74, 6) is -0.220. The molecular formula is C21H31N3O2. The van der Waals surface area contributed by atoms with Gasteiger partial charge in [0, 0.05) is 23.5 Å². The summed E-state index contributed by atoms with van der Waals surface area (Å²) in [6.45, 7) is 5.97. The predicted molar refractivity (Wildman–Crippen MR) is 107 cm³/mol. The largest absolute Gasteiger partial charge is 0.508 e. The molecule has 0 saturated heterocycles. The Labute approximate surface area is 156 Å². The summed E-state index contributed by atoms with van der Waals surface area (Å²) in [6.07, 6.45) is 4.01. The van der Waals surface area contributed by atoms with Crippen molar-refractivity contribution in [3.8, 4) is 16.9 Å². The van der Waals surface area contributed by atoms with E-state index in [9.17, 15) is 9.90 Å². The van der Waals surface area contributed by atoms with Gasteiger partial charge in [0.05, 0.1) is 5.56 Å². The number of carbonyl (C=O) groups excluding carboxylic acids is 1. The topological polar surface area (TPSA) is 71.5 Å². The van der Waals surface area contributed by atoms with E-state index in [2.05, 4.69) is 30.5 Å². The minimum atomic E-state index is -0.412. The smallest absolute Gasteiger partial charge is 0.251 e. The standard InChI is InChI=1S/C21H31N3O2/c1-5-6-11-18-20(16-9-7-10-17(25)14-16)19(21(22)26)15(2)24(18)13-8-12-23(3)4/h7,9-10,14,25H,5-6,8,11-13H2,1-4H3,(H2,22,26). The van der Waals surface area contributed by atoms with E-state index in [1.807, 2.05) is 13.0 Å². The summed E-state index contributed by atoms with van der Waals surface area (Å²) < 4.78 is 2.25. The maximum absolute atomic E-state index is 12.3. The number of unbranched alkanes of at least 4 members (excludes halogenated alkanes) is 1. The van der Waals surface area contributed by atoms with Crippen molar-refractivity contribution in [1.82, 2.24) is 9.47 Å². The number of aromatic hydroxyl groups is 1. The van der Waals surface area contributed by atoms with E-state index in [4.69, 9.17) is 5.73 Å². The second-order valence-electron chi connectivity index (χ2n) is 7.11. The molecule has 2 rings (SSSR count). The quantitative estimate of drug-likeness (QED) is 0.721. The Morgan fingerprint density at radius 2 is 2.00 bits per heavy atom. The lowest BCUT2D eigenvalue weighted by atomic mass is 9.97. The van der Waals surface area contributed by atoms with Crippen LogP contribution in [0.25, 0.3) is 11.1 Å². The highest BCUT2D eigenvalue weighted by molar-refractivity contribution is 6.02. The second kappa shape index (κ2) is 8.90. The Bertz CT molecular complexity index is 763. The van der Waals surface area contributed by atoms with Gasteiger partial charge >= 0.3 is 0 Å². The Morgan fingerprint density at radius 1 is 1.27 bits per heavy atom. The van der Waals surface area contributed by atoms with Gasteiger partial charge < -0.3 is 20.3 Å². The first-order valence-corrected chi connectivity index (χ1v) is 9.32. The number of nitrogens with zero attached hydrogens (tertiary/aromatic N) is 2. The van der Waals surface area contributed by atoms with Crippen molar-refractivity contribution in [2.45, 2.75) is 46.1 Å². The first-order valence-electron chi connectivity index (χ1n) is 9.32. The molecule has 0 aliphatic carbocycles. The van der Waals surface area contributed by atoms with Crippen LogP contribution in [0.2, 0.25) is 0 Å². The molecule has 1 amide bonds. The van der Waals surface area contributed by atoms with Crippen molar-refractivity contribution in [3.63, 3.8) is 0 Å². The maximum Gasteiger partial charge on any atom is 0.251 e. The van der Waals surface area contributed by atoms with E-state index < -0.39 is 5.91 Å². The molecule has 2 aromatic rings. The van der Waals surface area contributed by atoms with Gasteiger partial charge in [0.25, 0.3) is 5.91 Å². The Kier molecular flexibility index (Phi) is 6.86. The van der Waals surface area contributed by atoms with E-state index in [0.29, 0.717) is 5.56 Å². The van der Waals surface area contributed by atoms with Gasteiger partial charge in [-0.25, -0.2) is 0 Å². The van der Waals surface area contributed by atoms with Crippen LogP contribution in [-0.2, 0) is 13.0 Å². The van der Waals surface area contributed by atoms with Crippen LogP contribution in [0.4, 0.5) is 0 Å². The van der Waals surface area contributed by atoms with Gasteiger partial charge in [0.2, 0.25) is 0 Å². The maximum atomic E-state index is 12.3. The number of amides is 1. The summed E-state index contributed by atoms with van der Waals surface area (Å²) in [7, 11) is 4.13. The fourth-order valence-corrected chi connectivity index (χ4v) is 3.52. The number of benzene rings is 1. The molecule has 0 saturated carbocycles. The first kappa shape index (κ1) is 20.0. The SMILES string of the molecule is CCCCc1c(-c2cccc(O)c2)c(C(N)=O)c(C)n1CCCN(C)C. The molecule has 5 heteroatoms. The minimum absolute atomic E-state index is 0.192.